The molecule has 0 bridgehead atoms. The Balaban J connectivity index is 1.57. The largest absolute Gasteiger partial charge is 0.493 e. The zero-order valence-electron chi connectivity index (χ0n) is 17.0. The van der Waals surface area contributed by atoms with Crippen LogP contribution in [-0.4, -0.2) is 50.7 Å². The van der Waals surface area contributed by atoms with Crippen LogP contribution in [0.3, 0.4) is 0 Å². The van der Waals surface area contributed by atoms with Gasteiger partial charge in [-0.05, 0) is 75.2 Å². The molecule has 1 N–H and O–H groups in total. The normalized spacial score (nSPS) is 20.0. The topological polar surface area (TPSA) is 50.8 Å². The number of ether oxygens (including phenoxy) is 2. The molecular formula is C22H34N2O3. The number of carbonyl (C=O) groups excluding carboxylic acids is 1. The third kappa shape index (κ3) is 5.38. The molecule has 1 aliphatic carbocycles. The standard InChI is InChI=1S/C22H34N2O3/c1-16(24-11-5-4-6-12-24)15-23-22(25)14-19(17-7-8-17)18-9-10-20(26-2)21(13-18)27-3/h9-10,13,16-17,19H,4-8,11-12,14-15H2,1-3H3,(H,23,25). The SMILES string of the molecule is COc1ccc(C(CC(=O)NCC(C)N2CCCCC2)C2CC2)cc1OC. The van der Waals surface area contributed by atoms with Crippen LogP contribution in [-0.2, 0) is 4.79 Å². The van der Waals surface area contributed by atoms with Crippen LogP contribution in [0.25, 0.3) is 0 Å². The summed E-state index contributed by atoms with van der Waals surface area (Å²) >= 11 is 0. The lowest BCUT2D eigenvalue weighted by Gasteiger charge is -2.32. The molecule has 2 aliphatic rings. The molecule has 1 aromatic rings. The van der Waals surface area contributed by atoms with E-state index in [2.05, 4.69) is 23.2 Å². The smallest absolute Gasteiger partial charge is 0.220 e. The predicted molar refractivity (Wildman–Crippen MR) is 108 cm³/mol. The van der Waals surface area contributed by atoms with Gasteiger partial charge in [0.05, 0.1) is 14.2 Å². The molecule has 2 atom stereocenters. The number of amides is 1. The quantitative estimate of drug-likeness (QED) is 0.718. The van der Waals surface area contributed by atoms with Gasteiger partial charge in [-0.1, -0.05) is 12.5 Å². The van der Waals surface area contributed by atoms with Gasteiger partial charge in [0.2, 0.25) is 5.91 Å². The van der Waals surface area contributed by atoms with E-state index in [4.69, 9.17) is 9.47 Å². The zero-order valence-corrected chi connectivity index (χ0v) is 17.0. The Morgan fingerprint density at radius 2 is 1.85 bits per heavy atom. The molecule has 150 valence electrons. The van der Waals surface area contributed by atoms with Crippen LogP contribution in [0.1, 0.15) is 56.9 Å². The number of rotatable bonds is 9. The van der Waals surface area contributed by atoms with Gasteiger partial charge in [0.25, 0.3) is 0 Å². The minimum absolute atomic E-state index is 0.158. The Bertz CT molecular complexity index is 624. The molecular weight excluding hydrogens is 340 g/mol. The first-order valence-corrected chi connectivity index (χ1v) is 10.3. The number of piperidine rings is 1. The zero-order chi connectivity index (χ0) is 19.2. The molecule has 0 radical (unpaired) electrons. The fourth-order valence-corrected chi connectivity index (χ4v) is 4.16. The maximum atomic E-state index is 12.6. The second kappa shape index (κ2) is 9.45. The van der Waals surface area contributed by atoms with Crippen LogP contribution in [0, 0.1) is 5.92 Å². The molecule has 5 heteroatoms. The number of carbonyl (C=O) groups is 1. The van der Waals surface area contributed by atoms with Gasteiger partial charge in [-0.3, -0.25) is 9.69 Å². The minimum atomic E-state index is 0.158. The maximum Gasteiger partial charge on any atom is 0.220 e. The second-order valence-corrected chi connectivity index (χ2v) is 8.01. The lowest BCUT2D eigenvalue weighted by atomic mass is 9.90. The van der Waals surface area contributed by atoms with Crippen molar-refractivity contribution in [3.63, 3.8) is 0 Å². The van der Waals surface area contributed by atoms with Crippen LogP contribution in [0.5, 0.6) is 11.5 Å². The number of hydrogen-bond acceptors (Lipinski definition) is 4. The Kier molecular flexibility index (Phi) is 7.00. The van der Waals surface area contributed by atoms with Crippen molar-refractivity contribution < 1.29 is 14.3 Å². The van der Waals surface area contributed by atoms with Crippen molar-refractivity contribution >= 4 is 5.91 Å². The summed E-state index contributed by atoms with van der Waals surface area (Å²) in [7, 11) is 3.30. The summed E-state index contributed by atoms with van der Waals surface area (Å²) in [5.74, 6) is 2.49. The molecule has 1 saturated heterocycles. The second-order valence-electron chi connectivity index (χ2n) is 8.01. The average molecular weight is 375 g/mol. The maximum absolute atomic E-state index is 12.6. The van der Waals surface area contributed by atoms with E-state index >= 15 is 0 Å². The molecule has 0 spiro atoms. The lowest BCUT2D eigenvalue weighted by molar-refractivity contribution is -0.121. The summed E-state index contributed by atoms with van der Waals surface area (Å²) in [6, 6.07) is 6.47. The van der Waals surface area contributed by atoms with Gasteiger partial charge in [-0.15, -0.1) is 0 Å². The first kappa shape index (κ1) is 20.0. The molecule has 2 fully saturated rings. The van der Waals surface area contributed by atoms with Gasteiger partial charge in [0.15, 0.2) is 11.5 Å². The molecule has 1 aliphatic heterocycles. The lowest BCUT2D eigenvalue weighted by Crippen LogP contribution is -2.44. The van der Waals surface area contributed by atoms with E-state index in [1.165, 1.54) is 37.7 Å². The van der Waals surface area contributed by atoms with Crippen molar-refractivity contribution in [2.24, 2.45) is 5.92 Å². The number of nitrogens with zero attached hydrogens (tertiary/aromatic N) is 1. The molecule has 1 aromatic carbocycles. The molecule has 0 aromatic heterocycles. The first-order valence-electron chi connectivity index (χ1n) is 10.3. The van der Waals surface area contributed by atoms with E-state index in [0.29, 0.717) is 18.4 Å². The van der Waals surface area contributed by atoms with Gasteiger partial charge in [-0.2, -0.15) is 0 Å². The van der Waals surface area contributed by atoms with Gasteiger partial charge < -0.3 is 14.8 Å². The number of hydrogen-bond donors (Lipinski definition) is 1. The van der Waals surface area contributed by atoms with Gasteiger partial charge in [0, 0.05) is 19.0 Å². The van der Waals surface area contributed by atoms with Crippen molar-refractivity contribution in [2.45, 2.75) is 57.4 Å². The summed E-state index contributed by atoms with van der Waals surface area (Å²) in [4.78, 5) is 15.1. The van der Waals surface area contributed by atoms with E-state index in [1.807, 2.05) is 12.1 Å². The molecule has 2 unspecified atom stereocenters. The van der Waals surface area contributed by atoms with E-state index in [0.717, 1.165) is 31.1 Å². The van der Waals surface area contributed by atoms with Crippen LogP contribution >= 0.6 is 0 Å². The first-order chi connectivity index (χ1) is 13.1. The van der Waals surface area contributed by atoms with Crippen LogP contribution in [0.15, 0.2) is 18.2 Å². The van der Waals surface area contributed by atoms with Crippen molar-refractivity contribution in [2.75, 3.05) is 33.9 Å². The van der Waals surface area contributed by atoms with E-state index in [9.17, 15) is 4.79 Å². The van der Waals surface area contributed by atoms with Crippen molar-refractivity contribution in [1.82, 2.24) is 10.2 Å². The summed E-state index contributed by atoms with van der Waals surface area (Å²) < 4.78 is 10.8. The van der Waals surface area contributed by atoms with E-state index in [1.54, 1.807) is 14.2 Å². The van der Waals surface area contributed by atoms with Crippen LogP contribution in [0.2, 0.25) is 0 Å². The van der Waals surface area contributed by atoms with E-state index in [-0.39, 0.29) is 11.8 Å². The highest BCUT2D eigenvalue weighted by Crippen LogP contribution is 2.46. The fraction of sp³-hybridized carbons (Fsp3) is 0.682. The summed E-state index contributed by atoms with van der Waals surface area (Å²) in [5.41, 5.74) is 1.18. The highest BCUT2D eigenvalue weighted by Gasteiger charge is 2.34. The number of benzene rings is 1. The Hall–Kier alpha value is -1.75. The molecule has 27 heavy (non-hydrogen) atoms. The van der Waals surface area contributed by atoms with Crippen molar-refractivity contribution in [3.05, 3.63) is 23.8 Å². The third-order valence-corrected chi connectivity index (χ3v) is 6.04. The number of methoxy groups -OCH3 is 2. The summed E-state index contributed by atoms with van der Waals surface area (Å²) in [6.45, 7) is 5.28. The molecule has 1 saturated carbocycles. The van der Waals surface area contributed by atoms with Crippen molar-refractivity contribution in [3.8, 4) is 11.5 Å². The van der Waals surface area contributed by atoms with Gasteiger partial charge >= 0.3 is 0 Å². The highest BCUT2D eigenvalue weighted by molar-refractivity contribution is 5.77. The monoisotopic (exact) mass is 374 g/mol. The Labute approximate surface area is 163 Å². The molecule has 1 heterocycles. The predicted octanol–water partition coefficient (Wildman–Crippen LogP) is 3.58. The Morgan fingerprint density at radius 1 is 1.15 bits per heavy atom. The fourth-order valence-electron chi connectivity index (χ4n) is 4.16. The molecule has 3 rings (SSSR count). The minimum Gasteiger partial charge on any atom is -0.493 e. The van der Waals surface area contributed by atoms with Crippen LogP contribution in [0.4, 0.5) is 0 Å². The average Bonchev–Trinajstić information content (AvgIpc) is 3.55. The number of nitrogens with one attached hydrogen (secondary N) is 1. The van der Waals surface area contributed by atoms with Crippen molar-refractivity contribution in [1.29, 1.82) is 0 Å². The summed E-state index contributed by atoms with van der Waals surface area (Å²) in [5, 5.41) is 3.18. The third-order valence-electron chi connectivity index (χ3n) is 6.04. The summed E-state index contributed by atoms with van der Waals surface area (Å²) in [6.07, 6.45) is 6.85. The Morgan fingerprint density at radius 3 is 2.48 bits per heavy atom. The highest BCUT2D eigenvalue weighted by atomic mass is 16.5. The van der Waals surface area contributed by atoms with Crippen LogP contribution < -0.4 is 14.8 Å². The number of likely N-dealkylation sites (tertiary alicyclic amines) is 1. The van der Waals surface area contributed by atoms with E-state index < -0.39 is 0 Å². The molecule has 1 amide bonds. The van der Waals surface area contributed by atoms with Gasteiger partial charge in [-0.25, -0.2) is 0 Å². The van der Waals surface area contributed by atoms with Gasteiger partial charge in [0.1, 0.15) is 0 Å². The molecule has 5 nitrogen and oxygen atoms in total.